The molecule has 71 heavy (non-hydrogen) atoms. The lowest BCUT2D eigenvalue weighted by Gasteiger charge is -2.37. The number of piperazine rings is 1. The fourth-order valence-electron chi connectivity index (χ4n) is 11.0. The van der Waals surface area contributed by atoms with Crippen molar-refractivity contribution in [1.82, 2.24) is 9.80 Å². The van der Waals surface area contributed by atoms with Crippen LogP contribution in [-0.2, 0) is 25.8 Å². The molecule has 2 aliphatic carbocycles. The quantitative estimate of drug-likeness (QED) is 0.0864. The van der Waals surface area contributed by atoms with Gasteiger partial charge in [-0.3, -0.25) is 9.59 Å². The van der Waals surface area contributed by atoms with Crippen LogP contribution in [0, 0.1) is 27.7 Å². The van der Waals surface area contributed by atoms with Crippen LogP contribution < -0.4 is 28.4 Å². The second-order valence-corrected chi connectivity index (χ2v) is 21.5. The van der Waals surface area contributed by atoms with Gasteiger partial charge in [0.15, 0.2) is 35.2 Å². The van der Waals surface area contributed by atoms with E-state index in [1.165, 1.54) is 22.3 Å². The summed E-state index contributed by atoms with van der Waals surface area (Å²) in [4.78, 5) is 29.9. The van der Waals surface area contributed by atoms with Gasteiger partial charge in [-0.2, -0.15) is 0 Å². The fraction of sp³-hybridized carbons (Fsp3) is 0.574. The first-order valence-corrected chi connectivity index (χ1v) is 26.8. The van der Waals surface area contributed by atoms with Crippen LogP contribution in [0.5, 0.6) is 34.5 Å². The Kier molecular flexibility index (Phi) is 18.5. The van der Waals surface area contributed by atoms with Crippen LogP contribution >= 0.6 is 0 Å². The third kappa shape index (κ3) is 12.5. The standard InChI is InChI=1S/C33H48O4.C28H38N2O4/c1-9-13-34-27-17-23-25(19-29(27)36-15-11-3)33(21-31(23,5)6)22-32(7,8)24-18-28(35-14-10-2)30(20-26(24)33)37-16-12-4;1-7-23(33-25-11-9-19(3)17-21(25)5)27(31)29-13-15-30(16-14-29)28(32)24(8-2)34-26-12-10-20(4)18-22(26)6/h17-20H,9-16,21-22H2,1-8H3;9-12,17-18,23-24H,7-8,13-16H2,1-6H3. The van der Waals surface area contributed by atoms with Gasteiger partial charge in [-0.05, 0) is 160 Å². The van der Waals surface area contributed by atoms with Crippen LogP contribution in [0.3, 0.4) is 0 Å². The normalized spacial score (nSPS) is 16.8. The van der Waals surface area contributed by atoms with E-state index >= 15 is 0 Å². The topological polar surface area (TPSA) is 96.0 Å². The predicted molar refractivity (Wildman–Crippen MR) is 286 cm³/mol. The second-order valence-electron chi connectivity index (χ2n) is 21.5. The maximum absolute atomic E-state index is 13.2. The van der Waals surface area contributed by atoms with E-state index in [1.807, 2.05) is 75.6 Å². The van der Waals surface area contributed by atoms with Crippen molar-refractivity contribution in [2.45, 2.75) is 177 Å². The maximum atomic E-state index is 13.2. The molecule has 1 saturated heterocycles. The van der Waals surface area contributed by atoms with E-state index in [0.717, 1.165) is 95.3 Å². The Hall–Kier alpha value is -5.38. The van der Waals surface area contributed by atoms with Crippen molar-refractivity contribution in [2.24, 2.45) is 0 Å². The second kappa shape index (κ2) is 23.9. The lowest BCUT2D eigenvalue weighted by atomic mass is 9.72. The molecule has 0 radical (unpaired) electrons. The monoisotopic (exact) mass is 975 g/mol. The minimum Gasteiger partial charge on any atom is -0.490 e. The van der Waals surface area contributed by atoms with Gasteiger partial charge in [0, 0.05) is 31.6 Å². The molecule has 0 saturated carbocycles. The number of benzene rings is 4. The van der Waals surface area contributed by atoms with Gasteiger partial charge >= 0.3 is 0 Å². The molecule has 4 aromatic carbocycles. The van der Waals surface area contributed by atoms with E-state index in [9.17, 15) is 9.59 Å². The van der Waals surface area contributed by atoms with Gasteiger partial charge in [0.25, 0.3) is 11.8 Å². The molecule has 0 aromatic heterocycles. The smallest absolute Gasteiger partial charge is 0.263 e. The Morgan fingerprint density at radius 2 is 0.775 bits per heavy atom. The summed E-state index contributed by atoms with van der Waals surface area (Å²) in [7, 11) is 0. The third-order valence-electron chi connectivity index (χ3n) is 14.4. The molecule has 0 bridgehead atoms. The van der Waals surface area contributed by atoms with Crippen LogP contribution in [-0.4, -0.2) is 86.4 Å². The van der Waals surface area contributed by atoms with Crippen LogP contribution in [0.1, 0.15) is 165 Å². The van der Waals surface area contributed by atoms with Crippen LogP contribution in [0.2, 0.25) is 0 Å². The lowest BCUT2D eigenvalue weighted by molar-refractivity contribution is -0.147. The molecular formula is C61H86N2O8. The van der Waals surface area contributed by atoms with E-state index < -0.39 is 12.2 Å². The van der Waals surface area contributed by atoms with Crippen molar-refractivity contribution in [3.8, 4) is 34.5 Å². The predicted octanol–water partition coefficient (Wildman–Crippen LogP) is 13.1. The van der Waals surface area contributed by atoms with Gasteiger partial charge in [0.2, 0.25) is 0 Å². The highest BCUT2D eigenvalue weighted by Gasteiger charge is 2.57. The van der Waals surface area contributed by atoms with E-state index in [4.69, 9.17) is 28.4 Å². The number of rotatable bonds is 20. The summed E-state index contributed by atoms with van der Waals surface area (Å²) < 4.78 is 37.2. The Morgan fingerprint density at radius 3 is 1.06 bits per heavy atom. The van der Waals surface area contributed by atoms with Gasteiger partial charge in [0.05, 0.1) is 26.4 Å². The molecule has 2 unspecified atom stereocenters. The molecule has 1 fully saturated rings. The van der Waals surface area contributed by atoms with Gasteiger partial charge < -0.3 is 38.2 Å². The molecule has 10 nitrogen and oxygen atoms in total. The highest BCUT2D eigenvalue weighted by Crippen LogP contribution is 2.65. The van der Waals surface area contributed by atoms with Crippen LogP contribution in [0.15, 0.2) is 60.7 Å². The molecule has 3 aliphatic rings. The summed E-state index contributed by atoms with van der Waals surface area (Å²) in [6, 6.07) is 21.1. The molecular weight excluding hydrogens is 889 g/mol. The summed E-state index contributed by atoms with van der Waals surface area (Å²) in [6.45, 7) is 34.9. The van der Waals surface area contributed by atoms with Crippen molar-refractivity contribution < 1.29 is 38.0 Å². The zero-order chi connectivity index (χ0) is 51.7. The number of hydrogen-bond acceptors (Lipinski definition) is 8. The molecule has 388 valence electrons. The molecule has 1 heterocycles. The van der Waals surface area contributed by atoms with Gasteiger partial charge in [-0.25, -0.2) is 0 Å². The zero-order valence-electron chi connectivity index (χ0n) is 45.9. The number of nitrogens with zero attached hydrogens (tertiary/aromatic N) is 2. The molecule has 2 amide bonds. The Labute approximate surface area is 427 Å². The minimum absolute atomic E-state index is 0.0163. The molecule has 7 rings (SSSR count). The number of amides is 2. The lowest BCUT2D eigenvalue weighted by Crippen LogP contribution is -2.55. The van der Waals surface area contributed by atoms with Crippen molar-refractivity contribution in [1.29, 1.82) is 0 Å². The average Bonchev–Trinajstić information content (AvgIpc) is 3.70. The summed E-state index contributed by atoms with van der Waals surface area (Å²) >= 11 is 0. The van der Waals surface area contributed by atoms with Gasteiger partial charge in [-0.15, -0.1) is 0 Å². The number of carbonyl (C=O) groups excluding carboxylic acids is 2. The van der Waals surface area contributed by atoms with Crippen molar-refractivity contribution in [2.75, 3.05) is 52.6 Å². The Morgan fingerprint density at radius 1 is 0.465 bits per heavy atom. The third-order valence-corrected chi connectivity index (χ3v) is 14.4. The zero-order valence-corrected chi connectivity index (χ0v) is 45.9. The first-order chi connectivity index (χ1) is 33.9. The van der Waals surface area contributed by atoms with E-state index in [-0.39, 0.29) is 28.1 Å². The van der Waals surface area contributed by atoms with Gasteiger partial charge in [0.1, 0.15) is 11.5 Å². The number of fused-ring (bicyclic) bond motifs is 4. The molecule has 1 spiro atoms. The number of ether oxygens (including phenoxy) is 6. The van der Waals surface area contributed by atoms with Crippen LogP contribution in [0.25, 0.3) is 0 Å². The average molecular weight is 975 g/mol. The Bertz CT molecular complexity index is 2280. The minimum atomic E-state index is -0.528. The number of hydrogen-bond donors (Lipinski definition) is 0. The van der Waals surface area contributed by atoms with Gasteiger partial charge in [-0.1, -0.05) is 105 Å². The molecule has 2 atom stereocenters. The summed E-state index contributed by atoms with van der Waals surface area (Å²) in [5, 5.41) is 0. The van der Waals surface area contributed by atoms with Crippen molar-refractivity contribution in [3.63, 3.8) is 0 Å². The van der Waals surface area contributed by atoms with Crippen molar-refractivity contribution >= 4 is 11.8 Å². The summed E-state index contributed by atoms with van der Waals surface area (Å²) in [6.07, 6.45) is 6.12. The highest BCUT2D eigenvalue weighted by molar-refractivity contribution is 5.83. The molecule has 1 aliphatic heterocycles. The fourth-order valence-corrected chi connectivity index (χ4v) is 11.0. The first-order valence-electron chi connectivity index (χ1n) is 26.8. The first kappa shape index (κ1) is 54.9. The molecule has 4 aromatic rings. The SMILES string of the molecule is CCC(Oc1ccc(C)cc1C)C(=O)N1CCN(C(=O)C(CC)Oc2ccc(C)cc2C)CC1.CCCOc1cc2c(cc1OCCC)C1(CC2(C)C)CC(C)(C)c2cc(OCCC)c(OCCC)cc21. The summed E-state index contributed by atoms with van der Waals surface area (Å²) in [5.41, 5.74) is 9.86. The maximum Gasteiger partial charge on any atom is 0.263 e. The van der Waals surface area contributed by atoms with Crippen LogP contribution in [0.4, 0.5) is 0 Å². The summed E-state index contributed by atoms with van der Waals surface area (Å²) in [5.74, 6) is 4.97. The van der Waals surface area contributed by atoms with Crippen molar-refractivity contribution in [3.05, 3.63) is 105 Å². The number of aryl methyl sites for hydroxylation is 4. The molecule has 10 heteroatoms. The Balaban J connectivity index is 0.000000233. The van der Waals surface area contributed by atoms with E-state index in [0.29, 0.717) is 65.4 Å². The van der Waals surface area contributed by atoms with E-state index in [1.54, 1.807) is 0 Å². The van der Waals surface area contributed by atoms with E-state index in [2.05, 4.69) is 91.8 Å². The highest BCUT2D eigenvalue weighted by atomic mass is 16.5. The molecule has 0 N–H and O–H groups in total. The number of carbonyl (C=O) groups is 2. The largest absolute Gasteiger partial charge is 0.490 e.